The van der Waals surface area contributed by atoms with Crippen LogP contribution in [-0.4, -0.2) is 35.8 Å². The first-order valence-corrected chi connectivity index (χ1v) is 5.60. The van der Waals surface area contributed by atoms with Gasteiger partial charge in [0.05, 0.1) is 12.1 Å². The highest BCUT2D eigenvalue weighted by atomic mass is 32.1. The Kier molecular flexibility index (Phi) is 4.33. The summed E-state index contributed by atoms with van der Waals surface area (Å²) in [6.07, 6.45) is -4.13. The average molecular weight is 268 g/mol. The highest BCUT2D eigenvalue weighted by Crippen LogP contribution is 2.24. The summed E-state index contributed by atoms with van der Waals surface area (Å²) in [5.74, 6) is -0.955. The number of aromatic nitrogens is 1. The van der Waals surface area contributed by atoms with Gasteiger partial charge in [-0.05, 0) is 0 Å². The number of aliphatic carboxylic acids is 1. The summed E-state index contributed by atoms with van der Waals surface area (Å²) in [7, 11) is 1.30. The monoisotopic (exact) mass is 268 g/mol. The third-order valence-electron chi connectivity index (χ3n) is 1.88. The number of carboxylic acid groups (broad SMARTS) is 1. The fourth-order valence-electron chi connectivity index (χ4n) is 1.16. The van der Waals surface area contributed by atoms with Crippen molar-refractivity contribution < 1.29 is 23.1 Å². The van der Waals surface area contributed by atoms with Gasteiger partial charge < -0.3 is 10.0 Å². The number of rotatable bonds is 5. The number of carboxylic acids is 1. The summed E-state index contributed by atoms with van der Waals surface area (Å²) < 4.78 is 36.3. The summed E-state index contributed by atoms with van der Waals surface area (Å²) in [5.41, 5.74) is 0.501. The minimum absolute atomic E-state index is 0.0772. The number of alkyl halides is 3. The Morgan fingerprint density at radius 3 is 2.76 bits per heavy atom. The van der Waals surface area contributed by atoms with Crippen LogP contribution in [0.3, 0.4) is 0 Å². The Balaban J connectivity index is 2.58. The first kappa shape index (κ1) is 13.8. The van der Waals surface area contributed by atoms with Gasteiger partial charge in [0.2, 0.25) is 0 Å². The van der Waals surface area contributed by atoms with Crippen LogP contribution in [-0.2, 0) is 11.2 Å². The maximum Gasteiger partial charge on any atom is 0.405 e. The van der Waals surface area contributed by atoms with Gasteiger partial charge in [-0.25, -0.2) is 4.98 Å². The number of carbonyl (C=O) groups is 1. The molecule has 1 rings (SSSR count). The molecule has 0 aliphatic heterocycles. The third kappa shape index (κ3) is 5.03. The van der Waals surface area contributed by atoms with Crippen molar-refractivity contribution in [2.24, 2.45) is 0 Å². The first-order valence-electron chi connectivity index (χ1n) is 4.72. The number of anilines is 1. The van der Waals surface area contributed by atoms with Gasteiger partial charge in [0, 0.05) is 18.8 Å². The van der Waals surface area contributed by atoms with Gasteiger partial charge in [-0.2, -0.15) is 13.2 Å². The molecular weight excluding hydrogens is 257 g/mol. The molecule has 1 N–H and O–H groups in total. The van der Waals surface area contributed by atoms with Gasteiger partial charge >= 0.3 is 12.1 Å². The minimum atomic E-state index is -4.28. The van der Waals surface area contributed by atoms with Crippen LogP contribution in [0, 0.1) is 0 Å². The maximum atomic E-state index is 12.1. The predicted molar refractivity (Wildman–Crippen MR) is 57.4 cm³/mol. The van der Waals surface area contributed by atoms with E-state index in [1.54, 1.807) is 5.38 Å². The zero-order valence-corrected chi connectivity index (χ0v) is 9.81. The molecule has 0 saturated carbocycles. The van der Waals surface area contributed by atoms with Gasteiger partial charge in [-0.3, -0.25) is 4.79 Å². The van der Waals surface area contributed by atoms with Crippen molar-refractivity contribution >= 4 is 22.4 Å². The maximum absolute atomic E-state index is 12.1. The highest BCUT2D eigenvalue weighted by molar-refractivity contribution is 7.13. The van der Waals surface area contributed by atoms with E-state index in [1.807, 2.05) is 0 Å². The van der Waals surface area contributed by atoms with Crippen molar-refractivity contribution in [3.8, 4) is 0 Å². The van der Waals surface area contributed by atoms with E-state index in [4.69, 9.17) is 5.11 Å². The summed E-state index contributed by atoms with van der Waals surface area (Å²) in [6.45, 7) is -1.07. The SMILES string of the molecule is CN(CC(F)(F)F)c1nc(CCC(=O)O)cs1. The van der Waals surface area contributed by atoms with Crippen LogP contribution in [0.2, 0.25) is 0 Å². The Morgan fingerprint density at radius 1 is 1.59 bits per heavy atom. The Labute approximate surface area is 99.7 Å². The second-order valence-corrected chi connectivity index (χ2v) is 4.32. The van der Waals surface area contributed by atoms with E-state index < -0.39 is 18.7 Å². The fraction of sp³-hybridized carbons (Fsp3) is 0.556. The summed E-state index contributed by atoms with van der Waals surface area (Å²) in [6, 6.07) is 0. The molecule has 0 unspecified atom stereocenters. The number of hydrogen-bond acceptors (Lipinski definition) is 4. The van der Waals surface area contributed by atoms with Gasteiger partial charge in [-0.15, -0.1) is 11.3 Å². The normalized spacial score (nSPS) is 11.5. The molecule has 1 aromatic heterocycles. The van der Waals surface area contributed by atoms with E-state index in [0.717, 1.165) is 16.2 Å². The van der Waals surface area contributed by atoms with Crippen LogP contribution < -0.4 is 4.90 Å². The topological polar surface area (TPSA) is 53.4 Å². The Hall–Kier alpha value is -1.31. The quantitative estimate of drug-likeness (QED) is 0.889. The van der Waals surface area contributed by atoms with E-state index in [1.165, 1.54) is 7.05 Å². The van der Waals surface area contributed by atoms with Crippen molar-refractivity contribution in [3.63, 3.8) is 0 Å². The molecule has 1 aromatic rings. The van der Waals surface area contributed by atoms with Crippen LogP contribution in [0.4, 0.5) is 18.3 Å². The summed E-state index contributed by atoms with van der Waals surface area (Å²) in [5, 5.41) is 10.3. The zero-order valence-electron chi connectivity index (χ0n) is 8.99. The molecule has 4 nitrogen and oxygen atoms in total. The fourth-order valence-corrected chi connectivity index (χ4v) is 1.98. The van der Waals surface area contributed by atoms with Crippen LogP contribution in [0.1, 0.15) is 12.1 Å². The second-order valence-electron chi connectivity index (χ2n) is 3.49. The van der Waals surface area contributed by atoms with Crippen molar-refractivity contribution in [1.82, 2.24) is 4.98 Å². The lowest BCUT2D eigenvalue weighted by Crippen LogP contribution is -2.30. The molecule has 0 radical (unpaired) electrons. The van der Waals surface area contributed by atoms with Crippen molar-refractivity contribution in [2.45, 2.75) is 19.0 Å². The number of halogens is 3. The average Bonchev–Trinajstić information content (AvgIpc) is 2.60. The van der Waals surface area contributed by atoms with Crippen molar-refractivity contribution in [3.05, 3.63) is 11.1 Å². The number of hydrogen-bond donors (Lipinski definition) is 1. The molecule has 0 fully saturated rings. The third-order valence-corrected chi connectivity index (χ3v) is 2.88. The summed E-state index contributed by atoms with van der Waals surface area (Å²) in [4.78, 5) is 15.3. The molecular formula is C9H11F3N2O2S. The second kappa shape index (κ2) is 5.35. The predicted octanol–water partition coefficient (Wildman–Crippen LogP) is 2.16. The molecule has 0 aliphatic rings. The van der Waals surface area contributed by atoms with Crippen molar-refractivity contribution in [2.75, 3.05) is 18.5 Å². The van der Waals surface area contributed by atoms with E-state index >= 15 is 0 Å². The molecule has 17 heavy (non-hydrogen) atoms. The standard InChI is InChI=1S/C9H11F3N2O2S/c1-14(5-9(10,11)12)8-13-6(4-17-8)2-3-7(15)16/h4H,2-3,5H2,1H3,(H,15,16). The molecule has 1 heterocycles. The Morgan fingerprint density at radius 2 is 2.24 bits per heavy atom. The van der Waals surface area contributed by atoms with Crippen LogP contribution in [0.15, 0.2) is 5.38 Å². The zero-order chi connectivity index (χ0) is 13.1. The summed E-state index contributed by atoms with van der Waals surface area (Å²) >= 11 is 1.07. The van der Waals surface area contributed by atoms with Gasteiger partial charge in [0.1, 0.15) is 6.54 Å². The van der Waals surface area contributed by atoms with Crippen LogP contribution in [0.25, 0.3) is 0 Å². The number of thiazole rings is 1. The van der Waals surface area contributed by atoms with E-state index in [9.17, 15) is 18.0 Å². The minimum Gasteiger partial charge on any atom is -0.481 e. The molecule has 0 amide bonds. The lowest BCUT2D eigenvalue weighted by atomic mass is 10.2. The lowest BCUT2D eigenvalue weighted by Gasteiger charge is -2.17. The molecule has 0 aliphatic carbocycles. The molecule has 0 bridgehead atoms. The van der Waals surface area contributed by atoms with Crippen LogP contribution in [0.5, 0.6) is 0 Å². The molecule has 0 spiro atoms. The van der Waals surface area contributed by atoms with E-state index in [2.05, 4.69) is 4.98 Å². The number of nitrogens with zero attached hydrogens (tertiary/aromatic N) is 2. The Bertz CT molecular complexity index is 392. The molecule has 0 aromatic carbocycles. The largest absolute Gasteiger partial charge is 0.481 e. The molecule has 0 atom stereocenters. The molecule has 96 valence electrons. The molecule has 8 heteroatoms. The van der Waals surface area contributed by atoms with E-state index in [-0.39, 0.29) is 18.0 Å². The molecule has 0 saturated heterocycles. The highest BCUT2D eigenvalue weighted by Gasteiger charge is 2.30. The first-order chi connectivity index (χ1) is 7.78. The van der Waals surface area contributed by atoms with Gasteiger partial charge in [0.15, 0.2) is 5.13 Å². The van der Waals surface area contributed by atoms with Gasteiger partial charge in [0.25, 0.3) is 0 Å². The van der Waals surface area contributed by atoms with Crippen molar-refractivity contribution in [1.29, 1.82) is 0 Å². The lowest BCUT2D eigenvalue weighted by molar-refractivity contribution is -0.137. The van der Waals surface area contributed by atoms with E-state index in [0.29, 0.717) is 5.69 Å². The van der Waals surface area contributed by atoms with Crippen LogP contribution >= 0.6 is 11.3 Å². The van der Waals surface area contributed by atoms with Gasteiger partial charge in [-0.1, -0.05) is 0 Å². The number of aryl methyl sites for hydroxylation is 1. The smallest absolute Gasteiger partial charge is 0.405 e.